The number of carbonyl (C=O) groups is 1. The summed E-state index contributed by atoms with van der Waals surface area (Å²) in [5, 5.41) is 0. The highest BCUT2D eigenvalue weighted by Crippen LogP contribution is 2.47. The summed E-state index contributed by atoms with van der Waals surface area (Å²) in [6.45, 7) is 0.739. The molecule has 1 aromatic carbocycles. The maximum atomic E-state index is 12.8. The van der Waals surface area contributed by atoms with Crippen LogP contribution in [0.15, 0.2) is 24.3 Å². The standard InChI is InChI=1S/C15H21N3O3S/c1-16(2)22(20,21)18-10-8-15(9-11-18)12-6-4-5-7-13(12)17(3)14(15)19/h4-7H,8-11H2,1-3H3. The molecule has 1 saturated heterocycles. The summed E-state index contributed by atoms with van der Waals surface area (Å²) < 4.78 is 27.2. The van der Waals surface area contributed by atoms with Gasteiger partial charge in [0.05, 0.1) is 5.41 Å². The Labute approximate surface area is 131 Å². The van der Waals surface area contributed by atoms with Gasteiger partial charge in [-0.25, -0.2) is 0 Å². The summed E-state index contributed by atoms with van der Waals surface area (Å²) in [5.41, 5.74) is 1.41. The Morgan fingerprint density at radius 3 is 2.32 bits per heavy atom. The lowest BCUT2D eigenvalue weighted by Gasteiger charge is -2.38. The Morgan fingerprint density at radius 1 is 1.14 bits per heavy atom. The van der Waals surface area contributed by atoms with Crippen LogP contribution in [0, 0.1) is 0 Å². The van der Waals surface area contributed by atoms with Crippen LogP contribution in [0.25, 0.3) is 0 Å². The van der Waals surface area contributed by atoms with Gasteiger partial charge in [0.1, 0.15) is 0 Å². The van der Waals surface area contributed by atoms with E-state index in [1.807, 2.05) is 24.3 Å². The SMILES string of the molecule is CN1C(=O)C2(CCN(S(=O)(=O)N(C)C)CC2)c2ccccc21. The molecular weight excluding hydrogens is 302 g/mol. The molecule has 1 amide bonds. The van der Waals surface area contributed by atoms with Crippen molar-refractivity contribution in [3.63, 3.8) is 0 Å². The van der Waals surface area contributed by atoms with Crippen molar-refractivity contribution in [3.05, 3.63) is 29.8 Å². The van der Waals surface area contributed by atoms with Gasteiger partial charge in [-0.1, -0.05) is 18.2 Å². The monoisotopic (exact) mass is 323 g/mol. The highest BCUT2D eigenvalue weighted by molar-refractivity contribution is 7.86. The number of anilines is 1. The zero-order valence-corrected chi connectivity index (χ0v) is 13.9. The van der Waals surface area contributed by atoms with E-state index in [-0.39, 0.29) is 5.91 Å². The molecule has 3 rings (SSSR count). The van der Waals surface area contributed by atoms with Crippen LogP contribution in [0.1, 0.15) is 18.4 Å². The number of benzene rings is 1. The second-order valence-electron chi connectivity index (χ2n) is 6.15. The first-order chi connectivity index (χ1) is 10.3. The van der Waals surface area contributed by atoms with Gasteiger partial charge < -0.3 is 4.90 Å². The van der Waals surface area contributed by atoms with Crippen LogP contribution in [-0.4, -0.2) is 57.2 Å². The zero-order chi connectivity index (χ0) is 16.1. The third kappa shape index (κ3) is 2.00. The van der Waals surface area contributed by atoms with E-state index in [1.165, 1.54) is 22.7 Å². The summed E-state index contributed by atoms with van der Waals surface area (Å²) in [6.07, 6.45) is 1.06. The van der Waals surface area contributed by atoms with Crippen molar-refractivity contribution in [3.8, 4) is 0 Å². The van der Waals surface area contributed by atoms with Gasteiger partial charge >= 0.3 is 0 Å². The van der Waals surface area contributed by atoms with Crippen LogP contribution < -0.4 is 4.90 Å². The number of carbonyl (C=O) groups excluding carboxylic acids is 1. The van der Waals surface area contributed by atoms with E-state index in [9.17, 15) is 13.2 Å². The van der Waals surface area contributed by atoms with Crippen molar-refractivity contribution in [1.29, 1.82) is 0 Å². The maximum absolute atomic E-state index is 12.8. The highest BCUT2D eigenvalue weighted by atomic mass is 32.2. The molecular formula is C15H21N3O3S. The topological polar surface area (TPSA) is 60.9 Å². The summed E-state index contributed by atoms with van der Waals surface area (Å²) in [7, 11) is 1.44. The molecule has 0 N–H and O–H groups in total. The zero-order valence-electron chi connectivity index (χ0n) is 13.1. The average molecular weight is 323 g/mol. The molecule has 2 aliphatic rings. The fraction of sp³-hybridized carbons (Fsp3) is 0.533. The van der Waals surface area contributed by atoms with Crippen molar-refractivity contribution < 1.29 is 13.2 Å². The predicted molar refractivity (Wildman–Crippen MR) is 84.9 cm³/mol. The summed E-state index contributed by atoms with van der Waals surface area (Å²) in [4.78, 5) is 14.5. The first-order valence-electron chi connectivity index (χ1n) is 7.36. The number of likely N-dealkylation sites (N-methyl/N-ethyl adjacent to an activating group) is 1. The minimum Gasteiger partial charge on any atom is -0.314 e. The second-order valence-corrected chi connectivity index (χ2v) is 8.30. The molecule has 0 aliphatic carbocycles. The van der Waals surface area contributed by atoms with Crippen molar-refractivity contribution in [1.82, 2.24) is 8.61 Å². The number of para-hydroxylation sites is 1. The molecule has 7 heteroatoms. The highest BCUT2D eigenvalue weighted by Gasteiger charge is 2.51. The van der Waals surface area contributed by atoms with Crippen LogP contribution >= 0.6 is 0 Å². The van der Waals surface area contributed by atoms with Gasteiger partial charge in [-0.2, -0.15) is 17.0 Å². The first kappa shape index (κ1) is 15.5. The Kier molecular flexibility index (Phi) is 3.54. The number of rotatable bonds is 2. The number of hydrogen-bond donors (Lipinski definition) is 0. The number of fused-ring (bicyclic) bond motifs is 2. The number of hydrogen-bond acceptors (Lipinski definition) is 3. The van der Waals surface area contributed by atoms with Gasteiger partial charge in [0.15, 0.2) is 0 Å². The van der Waals surface area contributed by atoms with Crippen molar-refractivity contribution >= 4 is 21.8 Å². The van der Waals surface area contributed by atoms with Crippen LogP contribution in [0.2, 0.25) is 0 Å². The van der Waals surface area contributed by atoms with Crippen molar-refractivity contribution in [2.24, 2.45) is 0 Å². The minimum absolute atomic E-state index is 0.0793. The lowest BCUT2D eigenvalue weighted by atomic mass is 9.74. The van der Waals surface area contributed by atoms with E-state index in [1.54, 1.807) is 11.9 Å². The van der Waals surface area contributed by atoms with Crippen molar-refractivity contribution in [2.45, 2.75) is 18.3 Å². The Hall–Kier alpha value is -1.44. The largest absolute Gasteiger partial charge is 0.314 e. The molecule has 0 saturated carbocycles. The molecule has 1 fully saturated rings. The quantitative estimate of drug-likeness (QED) is 0.809. The molecule has 120 valence electrons. The predicted octanol–water partition coefficient (Wildman–Crippen LogP) is 0.803. The fourth-order valence-corrected chi connectivity index (χ4v) is 4.64. The molecule has 2 aliphatic heterocycles. The lowest BCUT2D eigenvalue weighted by molar-refractivity contribution is -0.124. The van der Waals surface area contributed by atoms with E-state index in [2.05, 4.69) is 0 Å². The van der Waals surface area contributed by atoms with Gasteiger partial charge in [-0.3, -0.25) is 4.79 Å². The summed E-state index contributed by atoms with van der Waals surface area (Å²) in [6, 6.07) is 7.81. The first-order valence-corrected chi connectivity index (χ1v) is 8.76. The third-order valence-corrected chi connectivity index (χ3v) is 6.80. The minimum atomic E-state index is -3.41. The van der Waals surface area contributed by atoms with E-state index in [4.69, 9.17) is 0 Å². The van der Waals surface area contributed by atoms with E-state index >= 15 is 0 Å². The lowest BCUT2D eigenvalue weighted by Crippen LogP contribution is -2.51. The van der Waals surface area contributed by atoms with Gasteiger partial charge in [-0.05, 0) is 24.5 Å². The molecule has 0 aromatic heterocycles. The maximum Gasteiger partial charge on any atom is 0.281 e. The molecule has 2 heterocycles. The van der Waals surface area contributed by atoms with Gasteiger partial charge in [-0.15, -0.1) is 0 Å². The van der Waals surface area contributed by atoms with Crippen LogP contribution in [0.3, 0.4) is 0 Å². The normalized spacial score (nSPS) is 21.6. The van der Waals surface area contributed by atoms with Crippen LogP contribution in [-0.2, 0) is 20.4 Å². The number of nitrogens with zero attached hydrogens (tertiary/aromatic N) is 3. The second kappa shape index (κ2) is 5.04. The fourth-order valence-electron chi connectivity index (χ4n) is 3.53. The number of piperidine rings is 1. The van der Waals surface area contributed by atoms with Crippen LogP contribution in [0.5, 0.6) is 0 Å². The average Bonchev–Trinajstić information content (AvgIpc) is 2.71. The third-order valence-electron chi connectivity index (χ3n) is 4.86. The van der Waals surface area contributed by atoms with Gasteiger partial charge in [0.2, 0.25) is 5.91 Å². The van der Waals surface area contributed by atoms with Crippen LogP contribution in [0.4, 0.5) is 5.69 Å². The van der Waals surface area contributed by atoms with E-state index < -0.39 is 15.6 Å². The molecule has 0 bridgehead atoms. The van der Waals surface area contributed by atoms with Gasteiger partial charge in [0.25, 0.3) is 10.2 Å². The van der Waals surface area contributed by atoms with Crippen molar-refractivity contribution in [2.75, 3.05) is 39.1 Å². The molecule has 6 nitrogen and oxygen atoms in total. The molecule has 1 spiro atoms. The summed E-state index contributed by atoms with van der Waals surface area (Å²) >= 11 is 0. The smallest absolute Gasteiger partial charge is 0.281 e. The molecule has 22 heavy (non-hydrogen) atoms. The molecule has 0 radical (unpaired) electrons. The molecule has 0 unspecified atom stereocenters. The Morgan fingerprint density at radius 2 is 1.73 bits per heavy atom. The molecule has 1 aromatic rings. The van der Waals surface area contributed by atoms with Gasteiger partial charge in [0, 0.05) is 39.9 Å². The number of amides is 1. The summed E-state index contributed by atoms with van der Waals surface area (Å²) in [5.74, 6) is 0.0793. The van der Waals surface area contributed by atoms with E-state index in [0.29, 0.717) is 25.9 Å². The Balaban J connectivity index is 1.92. The molecule has 0 atom stereocenters. The Bertz CT molecular complexity index is 706. The van der Waals surface area contributed by atoms with E-state index in [0.717, 1.165) is 11.3 Å².